The molecule has 1 saturated carbocycles. The van der Waals surface area contributed by atoms with Gasteiger partial charge in [0, 0.05) is 11.6 Å². The Hall–Kier alpha value is -2.05. The second kappa shape index (κ2) is 3.97. The molecule has 0 bridgehead atoms. The molecule has 0 aliphatic heterocycles. The maximum absolute atomic E-state index is 12.7. The molecule has 19 heavy (non-hydrogen) atoms. The molecule has 0 amide bonds. The van der Waals surface area contributed by atoms with Gasteiger partial charge in [0.05, 0.1) is 11.1 Å². The molecule has 1 aliphatic rings. The Morgan fingerprint density at radius 2 is 2.00 bits per heavy atom. The van der Waals surface area contributed by atoms with Crippen molar-refractivity contribution in [1.82, 2.24) is 10.1 Å². The minimum atomic E-state index is -4.43. The zero-order chi connectivity index (χ0) is 13.6. The highest BCUT2D eigenvalue weighted by molar-refractivity contribution is 5.71. The van der Waals surface area contributed by atoms with Gasteiger partial charge in [-0.3, -0.25) is 0 Å². The number of nitrogen functional groups attached to an aromatic ring is 1. The molecule has 1 fully saturated rings. The van der Waals surface area contributed by atoms with Crippen LogP contribution >= 0.6 is 0 Å². The van der Waals surface area contributed by atoms with Gasteiger partial charge in [-0.2, -0.15) is 18.2 Å². The molecule has 0 atom stereocenters. The third-order valence-electron chi connectivity index (χ3n) is 3.00. The highest BCUT2D eigenvalue weighted by atomic mass is 19.4. The average Bonchev–Trinajstić information content (AvgIpc) is 3.07. The number of halogens is 3. The third kappa shape index (κ3) is 2.27. The lowest BCUT2D eigenvalue weighted by Crippen LogP contribution is -2.05. The number of benzene rings is 1. The van der Waals surface area contributed by atoms with Gasteiger partial charge in [-0.05, 0) is 31.0 Å². The van der Waals surface area contributed by atoms with E-state index in [4.69, 9.17) is 10.3 Å². The number of hydrogen-bond donors (Lipinski definition) is 1. The molecule has 2 aromatic rings. The summed E-state index contributed by atoms with van der Waals surface area (Å²) in [5, 5.41) is 3.76. The molecule has 0 spiro atoms. The van der Waals surface area contributed by atoms with Crippen LogP contribution in [0.4, 0.5) is 18.9 Å². The molecular weight excluding hydrogens is 259 g/mol. The Bertz CT molecular complexity index is 617. The first-order valence-corrected chi connectivity index (χ1v) is 5.76. The van der Waals surface area contributed by atoms with E-state index in [-0.39, 0.29) is 23.1 Å². The maximum Gasteiger partial charge on any atom is 0.416 e. The van der Waals surface area contributed by atoms with Gasteiger partial charge in [-0.15, -0.1) is 0 Å². The van der Waals surface area contributed by atoms with Crippen LogP contribution in [0.25, 0.3) is 11.5 Å². The maximum atomic E-state index is 12.7. The SMILES string of the molecule is Nc1ccc(C(F)(F)F)cc1-c1nc(C2CC2)no1. The molecule has 2 N–H and O–H groups in total. The van der Waals surface area contributed by atoms with E-state index >= 15 is 0 Å². The summed E-state index contributed by atoms with van der Waals surface area (Å²) in [6, 6.07) is 3.05. The van der Waals surface area contributed by atoms with E-state index in [2.05, 4.69) is 10.1 Å². The molecule has 0 unspecified atom stereocenters. The molecule has 100 valence electrons. The lowest BCUT2D eigenvalue weighted by atomic mass is 10.1. The van der Waals surface area contributed by atoms with Crippen LogP contribution < -0.4 is 5.73 Å². The summed E-state index contributed by atoms with van der Waals surface area (Å²) in [6.45, 7) is 0. The Morgan fingerprint density at radius 3 is 2.63 bits per heavy atom. The van der Waals surface area contributed by atoms with Gasteiger partial charge in [-0.25, -0.2) is 0 Å². The number of alkyl halides is 3. The van der Waals surface area contributed by atoms with Crippen LogP contribution in [0, 0.1) is 0 Å². The van der Waals surface area contributed by atoms with Crippen LogP contribution in [0.2, 0.25) is 0 Å². The predicted octanol–water partition coefficient (Wildman–Crippen LogP) is 3.22. The molecule has 1 aliphatic carbocycles. The van der Waals surface area contributed by atoms with Crippen LogP contribution in [0.15, 0.2) is 22.7 Å². The van der Waals surface area contributed by atoms with E-state index in [0.717, 1.165) is 25.0 Å². The molecule has 3 rings (SSSR count). The Morgan fingerprint density at radius 1 is 1.26 bits per heavy atom. The van der Waals surface area contributed by atoms with Crippen molar-refractivity contribution < 1.29 is 17.7 Å². The standard InChI is InChI=1S/C12H10F3N3O/c13-12(14,15)7-3-4-9(16)8(5-7)11-17-10(18-19-11)6-1-2-6/h3-6H,1-2,16H2. The van der Waals surface area contributed by atoms with Gasteiger partial charge in [0.2, 0.25) is 0 Å². The fourth-order valence-corrected chi connectivity index (χ4v) is 1.77. The van der Waals surface area contributed by atoms with Crippen LogP contribution in [0.5, 0.6) is 0 Å². The van der Waals surface area contributed by atoms with E-state index < -0.39 is 11.7 Å². The predicted molar refractivity (Wildman–Crippen MR) is 61.1 cm³/mol. The third-order valence-corrected chi connectivity index (χ3v) is 3.00. The lowest BCUT2D eigenvalue weighted by molar-refractivity contribution is -0.137. The van der Waals surface area contributed by atoms with Gasteiger partial charge in [0.1, 0.15) is 0 Å². The molecular formula is C12H10F3N3O. The van der Waals surface area contributed by atoms with Gasteiger partial charge in [0.15, 0.2) is 5.82 Å². The van der Waals surface area contributed by atoms with E-state index in [1.807, 2.05) is 0 Å². The summed E-state index contributed by atoms with van der Waals surface area (Å²) in [5.41, 5.74) is 5.18. The van der Waals surface area contributed by atoms with Crippen LogP contribution in [-0.2, 0) is 6.18 Å². The minimum absolute atomic E-state index is 0.0329. The fourth-order valence-electron chi connectivity index (χ4n) is 1.77. The van der Waals surface area contributed by atoms with Crippen molar-refractivity contribution in [3.8, 4) is 11.5 Å². The topological polar surface area (TPSA) is 64.9 Å². The number of rotatable bonds is 2. The first kappa shape index (κ1) is 12.0. The Kier molecular flexibility index (Phi) is 2.51. The van der Waals surface area contributed by atoms with Crippen molar-refractivity contribution in [3.63, 3.8) is 0 Å². The molecule has 1 aromatic carbocycles. The summed E-state index contributed by atoms with van der Waals surface area (Å²) in [7, 11) is 0. The van der Waals surface area contributed by atoms with Gasteiger partial charge >= 0.3 is 6.18 Å². The smallest absolute Gasteiger partial charge is 0.398 e. The van der Waals surface area contributed by atoms with Crippen LogP contribution in [0.1, 0.15) is 30.1 Å². The van der Waals surface area contributed by atoms with E-state index in [9.17, 15) is 13.2 Å². The molecule has 1 heterocycles. The van der Waals surface area contributed by atoms with Crippen molar-refractivity contribution in [3.05, 3.63) is 29.6 Å². The van der Waals surface area contributed by atoms with E-state index in [1.165, 1.54) is 6.07 Å². The summed E-state index contributed by atoms with van der Waals surface area (Å²) in [6.07, 6.45) is -2.46. The minimum Gasteiger partial charge on any atom is -0.398 e. The quantitative estimate of drug-likeness (QED) is 0.850. The second-order valence-electron chi connectivity index (χ2n) is 4.53. The van der Waals surface area contributed by atoms with E-state index in [1.54, 1.807) is 0 Å². The van der Waals surface area contributed by atoms with Crippen molar-refractivity contribution in [2.75, 3.05) is 5.73 Å². The first-order chi connectivity index (χ1) is 8.95. The van der Waals surface area contributed by atoms with Gasteiger partial charge < -0.3 is 10.3 Å². The number of nitrogens with zero attached hydrogens (tertiary/aromatic N) is 2. The number of hydrogen-bond acceptors (Lipinski definition) is 4. The summed E-state index contributed by atoms with van der Waals surface area (Å²) in [5.74, 6) is 0.835. The van der Waals surface area contributed by atoms with Gasteiger partial charge in [-0.1, -0.05) is 5.16 Å². The summed E-state index contributed by atoms with van der Waals surface area (Å²) < 4.78 is 42.9. The van der Waals surface area contributed by atoms with E-state index in [0.29, 0.717) is 5.82 Å². The average molecular weight is 269 g/mol. The summed E-state index contributed by atoms with van der Waals surface area (Å²) >= 11 is 0. The first-order valence-electron chi connectivity index (χ1n) is 5.76. The van der Waals surface area contributed by atoms with Gasteiger partial charge in [0.25, 0.3) is 5.89 Å². The molecule has 0 saturated heterocycles. The van der Waals surface area contributed by atoms with Crippen LogP contribution in [-0.4, -0.2) is 10.1 Å². The normalized spacial score (nSPS) is 15.7. The monoisotopic (exact) mass is 269 g/mol. The zero-order valence-corrected chi connectivity index (χ0v) is 9.74. The highest BCUT2D eigenvalue weighted by Crippen LogP contribution is 2.40. The number of nitrogens with two attached hydrogens (primary N) is 1. The lowest BCUT2D eigenvalue weighted by Gasteiger charge is -2.08. The molecule has 0 radical (unpaired) electrons. The van der Waals surface area contributed by atoms with Crippen molar-refractivity contribution >= 4 is 5.69 Å². The van der Waals surface area contributed by atoms with Crippen molar-refractivity contribution in [2.45, 2.75) is 24.9 Å². The highest BCUT2D eigenvalue weighted by Gasteiger charge is 2.32. The van der Waals surface area contributed by atoms with Crippen molar-refractivity contribution in [1.29, 1.82) is 0 Å². The number of anilines is 1. The number of aromatic nitrogens is 2. The molecule has 4 nitrogen and oxygen atoms in total. The van der Waals surface area contributed by atoms with Crippen molar-refractivity contribution in [2.24, 2.45) is 0 Å². The van der Waals surface area contributed by atoms with Crippen LogP contribution in [0.3, 0.4) is 0 Å². The molecule has 7 heteroatoms. The summed E-state index contributed by atoms with van der Waals surface area (Å²) in [4.78, 5) is 4.10. The fraction of sp³-hybridized carbons (Fsp3) is 0.333. The second-order valence-corrected chi connectivity index (χ2v) is 4.53. The Labute approximate surface area is 106 Å². The Balaban J connectivity index is 2.02. The largest absolute Gasteiger partial charge is 0.416 e. The zero-order valence-electron chi connectivity index (χ0n) is 9.74. The molecule has 1 aromatic heterocycles.